The van der Waals surface area contributed by atoms with Crippen LogP contribution in [0.1, 0.15) is 13.3 Å². The Labute approximate surface area is 93.2 Å². The van der Waals surface area contributed by atoms with E-state index in [2.05, 4.69) is 0 Å². The SMILES string of the molecule is CCCOc1cc(OCC(F)F)ccc1N. The Morgan fingerprint density at radius 2 is 2.06 bits per heavy atom. The highest BCUT2D eigenvalue weighted by Crippen LogP contribution is 2.27. The Kier molecular flexibility index (Phi) is 4.82. The maximum atomic E-state index is 11.9. The van der Waals surface area contributed by atoms with Crippen LogP contribution in [0, 0.1) is 0 Å². The zero-order valence-corrected chi connectivity index (χ0v) is 9.08. The summed E-state index contributed by atoms with van der Waals surface area (Å²) in [7, 11) is 0. The third kappa shape index (κ3) is 3.92. The highest BCUT2D eigenvalue weighted by molar-refractivity contribution is 5.55. The number of nitrogen functional groups attached to an aromatic ring is 1. The number of nitrogens with two attached hydrogens (primary N) is 1. The van der Waals surface area contributed by atoms with Crippen molar-refractivity contribution in [3.05, 3.63) is 18.2 Å². The molecule has 0 spiro atoms. The predicted molar refractivity (Wildman–Crippen MR) is 58.1 cm³/mol. The molecule has 0 fully saturated rings. The minimum Gasteiger partial charge on any atom is -0.491 e. The van der Waals surface area contributed by atoms with Gasteiger partial charge in [-0.3, -0.25) is 0 Å². The lowest BCUT2D eigenvalue weighted by Crippen LogP contribution is -2.07. The summed E-state index contributed by atoms with van der Waals surface area (Å²) >= 11 is 0. The summed E-state index contributed by atoms with van der Waals surface area (Å²) in [6, 6.07) is 4.63. The molecule has 0 radical (unpaired) electrons. The summed E-state index contributed by atoms with van der Waals surface area (Å²) in [5, 5.41) is 0. The second-order valence-corrected chi connectivity index (χ2v) is 3.25. The van der Waals surface area contributed by atoms with Crippen LogP contribution in [0.25, 0.3) is 0 Å². The zero-order valence-electron chi connectivity index (χ0n) is 9.08. The van der Waals surface area contributed by atoms with Crippen molar-refractivity contribution in [1.82, 2.24) is 0 Å². The lowest BCUT2D eigenvalue weighted by atomic mass is 10.3. The first-order valence-electron chi connectivity index (χ1n) is 5.06. The topological polar surface area (TPSA) is 44.5 Å². The van der Waals surface area contributed by atoms with Gasteiger partial charge in [-0.05, 0) is 18.6 Å². The van der Waals surface area contributed by atoms with E-state index in [4.69, 9.17) is 15.2 Å². The van der Waals surface area contributed by atoms with Crippen molar-refractivity contribution in [3.8, 4) is 11.5 Å². The van der Waals surface area contributed by atoms with Crippen LogP contribution in [-0.4, -0.2) is 19.6 Å². The van der Waals surface area contributed by atoms with Gasteiger partial charge in [0.25, 0.3) is 6.43 Å². The first-order chi connectivity index (χ1) is 7.63. The summed E-state index contributed by atoms with van der Waals surface area (Å²) in [5.41, 5.74) is 6.13. The quantitative estimate of drug-likeness (QED) is 0.765. The number of anilines is 1. The average Bonchev–Trinajstić information content (AvgIpc) is 2.26. The van der Waals surface area contributed by atoms with Crippen molar-refractivity contribution in [2.75, 3.05) is 18.9 Å². The van der Waals surface area contributed by atoms with Crippen molar-refractivity contribution in [1.29, 1.82) is 0 Å². The van der Waals surface area contributed by atoms with Gasteiger partial charge in [-0.25, -0.2) is 8.78 Å². The molecular formula is C11H15F2NO2. The van der Waals surface area contributed by atoms with Crippen molar-refractivity contribution < 1.29 is 18.3 Å². The summed E-state index contributed by atoms with van der Waals surface area (Å²) < 4.78 is 34.0. The molecular weight excluding hydrogens is 216 g/mol. The summed E-state index contributed by atoms with van der Waals surface area (Å²) in [4.78, 5) is 0. The number of halogens is 2. The van der Waals surface area contributed by atoms with Crippen LogP contribution >= 0.6 is 0 Å². The Morgan fingerprint density at radius 3 is 2.69 bits per heavy atom. The molecule has 1 aromatic carbocycles. The van der Waals surface area contributed by atoms with E-state index in [1.54, 1.807) is 6.07 Å². The van der Waals surface area contributed by atoms with E-state index in [-0.39, 0.29) is 0 Å². The molecule has 0 aliphatic carbocycles. The molecule has 0 aromatic heterocycles. The molecule has 5 heteroatoms. The second-order valence-electron chi connectivity index (χ2n) is 3.25. The van der Waals surface area contributed by atoms with Crippen LogP contribution in [0.4, 0.5) is 14.5 Å². The predicted octanol–water partition coefficient (Wildman–Crippen LogP) is 2.70. The van der Waals surface area contributed by atoms with E-state index in [1.807, 2.05) is 6.92 Å². The minimum absolute atomic E-state index is 0.334. The first-order valence-corrected chi connectivity index (χ1v) is 5.06. The van der Waals surface area contributed by atoms with Gasteiger partial charge in [-0.1, -0.05) is 6.92 Å². The smallest absolute Gasteiger partial charge is 0.272 e. The number of ether oxygens (including phenoxy) is 2. The van der Waals surface area contributed by atoms with E-state index < -0.39 is 13.0 Å². The van der Waals surface area contributed by atoms with Gasteiger partial charge in [0.1, 0.15) is 18.1 Å². The van der Waals surface area contributed by atoms with E-state index in [0.29, 0.717) is 23.8 Å². The van der Waals surface area contributed by atoms with Gasteiger partial charge in [-0.2, -0.15) is 0 Å². The lowest BCUT2D eigenvalue weighted by Gasteiger charge is -2.10. The van der Waals surface area contributed by atoms with Crippen molar-refractivity contribution in [2.45, 2.75) is 19.8 Å². The third-order valence-corrected chi connectivity index (χ3v) is 1.82. The molecule has 3 nitrogen and oxygen atoms in total. The van der Waals surface area contributed by atoms with Crippen LogP contribution in [0.5, 0.6) is 11.5 Å². The first kappa shape index (κ1) is 12.5. The van der Waals surface area contributed by atoms with Crippen LogP contribution in [0.15, 0.2) is 18.2 Å². The lowest BCUT2D eigenvalue weighted by molar-refractivity contribution is 0.0817. The highest BCUT2D eigenvalue weighted by atomic mass is 19.3. The molecule has 2 N–H and O–H groups in total. The van der Waals surface area contributed by atoms with Gasteiger partial charge >= 0.3 is 0 Å². The third-order valence-electron chi connectivity index (χ3n) is 1.82. The van der Waals surface area contributed by atoms with Crippen LogP contribution < -0.4 is 15.2 Å². The van der Waals surface area contributed by atoms with Crippen molar-refractivity contribution >= 4 is 5.69 Å². The normalized spacial score (nSPS) is 10.5. The second kappa shape index (κ2) is 6.15. The maximum Gasteiger partial charge on any atom is 0.272 e. The van der Waals surface area contributed by atoms with Gasteiger partial charge in [-0.15, -0.1) is 0 Å². The van der Waals surface area contributed by atoms with Gasteiger partial charge in [0.2, 0.25) is 0 Å². The Balaban J connectivity index is 2.65. The Bertz CT molecular complexity index is 332. The molecule has 0 saturated carbocycles. The fourth-order valence-electron chi connectivity index (χ4n) is 1.10. The van der Waals surface area contributed by atoms with Crippen LogP contribution in [0.3, 0.4) is 0 Å². The summed E-state index contributed by atoms with van der Waals surface area (Å²) in [6.07, 6.45) is -1.64. The largest absolute Gasteiger partial charge is 0.491 e. The molecule has 90 valence electrons. The Hall–Kier alpha value is -1.52. The molecule has 0 atom stereocenters. The molecule has 0 heterocycles. The average molecular weight is 231 g/mol. The number of hydrogen-bond donors (Lipinski definition) is 1. The molecule has 0 amide bonds. The van der Waals surface area contributed by atoms with Crippen LogP contribution in [-0.2, 0) is 0 Å². The zero-order chi connectivity index (χ0) is 12.0. The molecule has 16 heavy (non-hydrogen) atoms. The fraction of sp³-hybridized carbons (Fsp3) is 0.455. The number of hydrogen-bond acceptors (Lipinski definition) is 3. The number of rotatable bonds is 6. The van der Waals surface area contributed by atoms with E-state index in [0.717, 1.165) is 6.42 Å². The molecule has 1 rings (SSSR count). The summed E-state index contributed by atoms with van der Waals surface area (Å²) in [6.45, 7) is 1.87. The molecule has 0 aliphatic rings. The van der Waals surface area contributed by atoms with Gasteiger partial charge < -0.3 is 15.2 Å². The number of benzene rings is 1. The van der Waals surface area contributed by atoms with Crippen molar-refractivity contribution in [2.24, 2.45) is 0 Å². The fourth-order valence-corrected chi connectivity index (χ4v) is 1.10. The van der Waals surface area contributed by atoms with Crippen molar-refractivity contribution in [3.63, 3.8) is 0 Å². The van der Waals surface area contributed by atoms with Gasteiger partial charge in [0, 0.05) is 6.07 Å². The Morgan fingerprint density at radius 1 is 1.31 bits per heavy atom. The molecule has 0 aliphatic heterocycles. The van der Waals surface area contributed by atoms with E-state index in [1.165, 1.54) is 12.1 Å². The monoisotopic (exact) mass is 231 g/mol. The molecule has 1 aromatic rings. The van der Waals surface area contributed by atoms with Crippen LogP contribution in [0.2, 0.25) is 0 Å². The van der Waals surface area contributed by atoms with Gasteiger partial charge in [0.05, 0.1) is 12.3 Å². The minimum atomic E-state index is -2.49. The molecule has 0 bridgehead atoms. The van der Waals surface area contributed by atoms with E-state index in [9.17, 15) is 8.78 Å². The highest BCUT2D eigenvalue weighted by Gasteiger charge is 2.06. The maximum absolute atomic E-state index is 11.9. The van der Waals surface area contributed by atoms with E-state index >= 15 is 0 Å². The standard InChI is InChI=1S/C11H15F2NO2/c1-2-5-15-10-6-8(3-4-9(10)14)16-7-11(12)13/h3-4,6,11H,2,5,7,14H2,1H3. The molecule has 0 unspecified atom stereocenters. The summed E-state index contributed by atoms with van der Waals surface area (Å²) in [5.74, 6) is 0.800. The molecule has 0 saturated heterocycles. The number of alkyl halides is 2. The van der Waals surface area contributed by atoms with Gasteiger partial charge in [0.15, 0.2) is 0 Å².